The van der Waals surface area contributed by atoms with Gasteiger partial charge in [0.05, 0.1) is 19.4 Å². The summed E-state index contributed by atoms with van der Waals surface area (Å²) in [6, 6.07) is 6.72. The molecule has 122 valence electrons. The Bertz CT molecular complexity index is 549. The van der Waals surface area contributed by atoms with Crippen LogP contribution >= 0.6 is 7.60 Å². The first-order valence-corrected chi connectivity index (χ1v) is 8.66. The fourth-order valence-corrected chi connectivity index (χ4v) is 3.50. The number of rotatable bonds is 9. The second-order valence-electron chi connectivity index (χ2n) is 4.49. The van der Waals surface area contributed by atoms with Crippen LogP contribution < -0.4 is 11.1 Å². The van der Waals surface area contributed by atoms with Gasteiger partial charge in [-0.05, 0) is 31.5 Å². The number of hydrogen-bond acceptors (Lipinski definition) is 5. The molecule has 0 aliphatic heterocycles. The predicted molar refractivity (Wildman–Crippen MR) is 83.4 cm³/mol. The minimum atomic E-state index is -3.15. The minimum absolute atomic E-state index is 0.157. The molecule has 1 aromatic carbocycles. The van der Waals surface area contributed by atoms with E-state index in [1.165, 1.54) is 0 Å². The Kier molecular flexibility index (Phi) is 7.24. The quantitative estimate of drug-likeness (QED) is 0.534. The molecule has 22 heavy (non-hydrogen) atoms. The standard InChI is InChI=1S/C14H21N2O5P/c1-3-20-22(19,21-4-2)10-11-5-7-12(8-6-11)16-14(18)9-13(15)17/h5-8H,3-4,9-10H2,1-2H3,(H2,15,17)(H,16,18). The fraction of sp³-hybridized carbons (Fsp3) is 0.429. The number of carbonyl (C=O) groups is 2. The van der Waals surface area contributed by atoms with Gasteiger partial charge in [0.25, 0.3) is 0 Å². The average molecular weight is 328 g/mol. The van der Waals surface area contributed by atoms with Crippen LogP contribution in [0.15, 0.2) is 24.3 Å². The summed E-state index contributed by atoms with van der Waals surface area (Å²) in [4.78, 5) is 22.0. The Labute approximate surface area is 129 Å². The van der Waals surface area contributed by atoms with E-state index < -0.39 is 19.4 Å². The summed E-state index contributed by atoms with van der Waals surface area (Å²) in [5, 5.41) is 2.54. The lowest BCUT2D eigenvalue weighted by molar-refractivity contribution is -0.124. The summed E-state index contributed by atoms with van der Waals surface area (Å²) in [7, 11) is -3.15. The molecule has 0 aliphatic carbocycles. The van der Waals surface area contributed by atoms with Gasteiger partial charge in [0.1, 0.15) is 6.42 Å². The number of nitrogens with two attached hydrogens (primary N) is 1. The Morgan fingerprint density at radius 3 is 2.14 bits per heavy atom. The van der Waals surface area contributed by atoms with E-state index in [4.69, 9.17) is 14.8 Å². The molecule has 0 unspecified atom stereocenters. The van der Waals surface area contributed by atoms with Crippen molar-refractivity contribution >= 4 is 25.1 Å². The number of carbonyl (C=O) groups excluding carboxylic acids is 2. The largest absolute Gasteiger partial charge is 0.369 e. The van der Waals surface area contributed by atoms with Crippen LogP contribution in [0.5, 0.6) is 0 Å². The van der Waals surface area contributed by atoms with E-state index in [-0.39, 0.29) is 12.6 Å². The summed E-state index contributed by atoms with van der Waals surface area (Å²) >= 11 is 0. The van der Waals surface area contributed by atoms with Crippen LogP contribution in [-0.2, 0) is 29.4 Å². The zero-order valence-corrected chi connectivity index (χ0v) is 13.6. The third kappa shape index (κ3) is 6.39. The van der Waals surface area contributed by atoms with Crippen LogP contribution in [0, 0.1) is 0 Å². The van der Waals surface area contributed by atoms with Crippen molar-refractivity contribution in [3.63, 3.8) is 0 Å². The Morgan fingerprint density at radius 1 is 1.14 bits per heavy atom. The Hall–Kier alpha value is -1.69. The molecule has 0 spiro atoms. The number of nitrogens with one attached hydrogen (secondary N) is 1. The number of hydrogen-bond donors (Lipinski definition) is 2. The number of amides is 2. The molecule has 0 saturated heterocycles. The van der Waals surface area contributed by atoms with E-state index >= 15 is 0 Å². The zero-order valence-electron chi connectivity index (χ0n) is 12.7. The highest BCUT2D eigenvalue weighted by atomic mass is 31.2. The third-order valence-corrected chi connectivity index (χ3v) is 4.66. The molecule has 1 aromatic rings. The van der Waals surface area contributed by atoms with Gasteiger partial charge in [-0.15, -0.1) is 0 Å². The average Bonchev–Trinajstić information content (AvgIpc) is 2.40. The molecule has 0 heterocycles. The van der Waals surface area contributed by atoms with Crippen molar-refractivity contribution in [2.75, 3.05) is 18.5 Å². The van der Waals surface area contributed by atoms with Crippen molar-refractivity contribution < 1.29 is 23.2 Å². The smallest absolute Gasteiger partial charge is 0.335 e. The summed E-state index contributed by atoms with van der Waals surface area (Å²) in [5.41, 5.74) is 6.23. The molecule has 8 heteroatoms. The lowest BCUT2D eigenvalue weighted by Gasteiger charge is -2.17. The molecule has 0 bridgehead atoms. The molecular weight excluding hydrogens is 307 g/mol. The molecule has 0 fully saturated rings. The van der Waals surface area contributed by atoms with E-state index in [0.29, 0.717) is 18.9 Å². The molecule has 1 rings (SSSR count). The third-order valence-electron chi connectivity index (χ3n) is 2.60. The lowest BCUT2D eigenvalue weighted by atomic mass is 10.2. The maximum Gasteiger partial charge on any atom is 0.335 e. The monoisotopic (exact) mass is 328 g/mol. The Balaban J connectivity index is 2.69. The van der Waals surface area contributed by atoms with E-state index in [2.05, 4.69) is 5.32 Å². The van der Waals surface area contributed by atoms with Crippen LogP contribution in [0.2, 0.25) is 0 Å². The van der Waals surface area contributed by atoms with E-state index in [1.54, 1.807) is 38.1 Å². The molecule has 2 amide bonds. The molecule has 7 nitrogen and oxygen atoms in total. The molecule has 3 N–H and O–H groups in total. The van der Waals surface area contributed by atoms with Crippen molar-refractivity contribution in [1.29, 1.82) is 0 Å². The second-order valence-corrected chi connectivity index (χ2v) is 6.55. The summed E-state index contributed by atoms with van der Waals surface area (Å²) in [6.07, 6.45) is -0.212. The van der Waals surface area contributed by atoms with Crippen molar-refractivity contribution in [2.24, 2.45) is 5.73 Å². The summed E-state index contributed by atoms with van der Waals surface area (Å²) in [6.45, 7) is 4.11. The molecule has 0 saturated carbocycles. The number of primary amides is 1. The molecule has 0 aliphatic rings. The van der Waals surface area contributed by atoms with Crippen LogP contribution in [0.3, 0.4) is 0 Å². The zero-order chi connectivity index (χ0) is 16.6. The first kappa shape index (κ1) is 18.4. The minimum Gasteiger partial charge on any atom is -0.369 e. The second kappa shape index (κ2) is 8.68. The first-order valence-electron chi connectivity index (χ1n) is 6.93. The van der Waals surface area contributed by atoms with Gasteiger partial charge < -0.3 is 20.1 Å². The van der Waals surface area contributed by atoms with Crippen LogP contribution in [0.1, 0.15) is 25.8 Å². The summed E-state index contributed by atoms with van der Waals surface area (Å²) < 4.78 is 22.9. The van der Waals surface area contributed by atoms with Crippen LogP contribution in [-0.4, -0.2) is 25.0 Å². The lowest BCUT2D eigenvalue weighted by Crippen LogP contribution is -2.21. The van der Waals surface area contributed by atoms with E-state index in [9.17, 15) is 14.2 Å². The van der Waals surface area contributed by atoms with Gasteiger partial charge in [-0.25, -0.2) is 0 Å². The number of benzene rings is 1. The van der Waals surface area contributed by atoms with Gasteiger partial charge >= 0.3 is 7.60 Å². The van der Waals surface area contributed by atoms with Gasteiger partial charge in [-0.2, -0.15) is 0 Å². The van der Waals surface area contributed by atoms with Crippen LogP contribution in [0.4, 0.5) is 5.69 Å². The van der Waals surface area contributed by atoms with Crippen molar-refractivity contribution in [1.82, 2.24) is 0 Å². The van der Waals surface area contributed by atoms with Gasteiger partial charge in [0.2, 0.25) is 11.8 Å². The maximum absolute atomic E-state index is 12.4. The van der Waals surface area contributed by atoms with Gasteiger partial charge in [0, 0.05) is 5.69 Å². The highest BCUT2D eigenvalue weighted by Crippen LogP contribution is 2.51. The van der Waals surface area contributed by atoms with Crippen molar-refractivity contribution in [2.45, 2.75) is 26.4 Å². The van der Waals surface area contributed by atoms with Crippen LogP contribution in [0.25, 0.3) is 0 Å². The maximum atomic E-state index is 12.4. The fourth-order valence-electron chi connectivity index (χ4n) is 1.80. The SMILES string of the molecule is CCOP(=O)(Cc1ccc(NC(=O)CC(N)=O)cc1)OCC. The molecular formula is C14H21N2O5P. The molecule has 0 aromatic heterocycles. The van der Waals surface area contributed by atoms with Crippen molar-refractivity contribution in [3.8, 4) is 0 Å². The summed E-state index contributed by atoms with van der Waals surface area (Å²) in [5.74, 6) is -1.17. The first-order chi connectivity index (χ1) is 10.4. The highest BCUT2D eigenvalue weighted by molar-refractivity contribution is 7.53. The van der Waals surface area contributed by atoms with Gasteiger partial charge in [-0.3, -0.25) is 14.2 Å². The van der Waals surface area contributed by atoms with E-state index in [0.717, 1.165) is 5.56 Å². The normalized spacial score (nSPS) is 11.2. The van der Waals surface area contributed by atoms with E-state index in [1.807, 2.05) is 0 Å². The predicted octanol–water partition coefficient (Wildman–Crippen LogP) is 2.27. The Morgan fingerprint density at radius 2 is 1.68 bits per heavy atom. The van der Waals surface area contributed by atoms with Gasteiger partial charge in [-0.1, -0.05) is 12.1 Å². The topological polar surface area (TPSA) is 108 Å². The van der Waals surface area contributed by atoms with Crippen molar-refractivity contribution in [3.05, 3.63) is 29.8 Å². The van der Waals surface area contributed by atoms with Gasteiger partial charge in [0.15, 0.2) is 0 Å². The highest BCUT2D eigenvalue weighted by Gasteiger charge is 2.23. The number of anilines is 1. The molecule has 0 radical (unpaired) electrons. The molecule has 0 atom stereocenters.